The zero-order valence-electron chi connectivity index (χ0n) is 8.76. The van der Waals surface area contributed by atoms with E-state index < -0.39 is 10.8 Å². The van der Waals surface area contributed by atoms with E-state index in [2.05, 4.69) is 0 Å². The van der Waals surface area contributed by atoms with E-state index in [0.717, 1.165) is 0 Å². The average molecular weight is 181 g/mol. The maximum absolute atomic E-state index is 11.8. The summed E-state index contributed by atoms with van der Waals surface area (Å²) in [5, 5.41) is 0. The highest BCUT2D eigenvalue weighted by Crippen LogP contribution is 2.81. The molecule has 0 aromatic carbocycles. The second-order valence-electron chi connectivity index (χ2n) is 5.04. The van der Waals surface area contributed by atoms with Crippen LogP contribution in [0.4, 0.5) is 0 Å². The molecule has 0 spiro atoms. The van der Waals surface area contributed by atoms with Gasteiger partial charge in [-0.05, 0) is 19.3 Å². The van der Waals surface area contributed by atoms with Crippen LogP contribution in [0.3, 0.4) is 0 Å². The summed E-state index contributed by atoms with van der Waals surface area (Å²) in [4.78, 5) is 24.9. The number of carbonyl (C=O) groups excluding carboxylic acids is 2. The molecule has 1 saturated heterocycles. The Kier molecular flexibility index (Phi) is 1.13. The predicted octanol–water partition coefficient (Wildman–Crippen LogP) is 1.04. The van der Waals surface area contributed by atoms with Gasteiger partial charge < -0.3 is 0 Å². The number of piperidine rings is 1. The van der Waals surface area contributed by atoms with E-state index in [4.69, 9.17) is 0 Å². The van der Waals surface area contributed by atoms with Crippen molar-refractivity contribution in [2.75, 3.05) is 7.05 Å². The number of amides is 2. The van der Waals surface area contributed by atoms with Gasteiger partial charge in [0.15, 0.2) is 0 Å². The van der Waals surface area contributed by atoms with E-state index in [0.29, 0.717) is 0 Å². The molecule has 1 aliphatic carbocycles. The van der Waals surface area contributed by atoms with Crippen LogP contribution in [0.15, 0.2) is 0 Å². The molecule has 0 aromatic rings. The number of carbonyl (C=O) groups is 2. The fraction of sp³-hybridized carbons (Fsp3) is 0.800. The van der Waals surface area contributed by atoms with Gasteiger partial charge in [-0.25, -0.2) is 0 Å². The van der Waals surface area contributed by atoms with Gasteiger partial charge in [-0.1, -0.05) is 13.8 Å². The monoisotopic (exact) mass is 181 g/mol. The summed E-state index contributed by atoms with van der Waals surface area (Å²) in [7, 11) is 1.57. The van der Waals surface area contributed by atoms with E-state index in [1.807, 2.05) is 27.7 Å². The van der Waals surface area contributed by atoms with Gasteiger partial charge in [0.1, 0.15) is 0 Å². The second-order valence-corrected chi connectivity index (χ2v) is 5.04. The standard InChI is InChI=1S/C10H15NO2/c1-8(2)9(3)6(12)11(5)7(13)10(8,9)4/h1-5H3. The highest BCUT2D eigenvalue weighted by Gasteiger charge is 2.89. The lowest BCUT2D eigenvalue weighted by molar-refractivity contribution is -0.144. The predicted molar refractivity (Wildman–Crippen MR) is 47.8 cm³/mol. The van der Waals surface area contributed by atoms with Gasteiger partial charge in [-0.15, -0.1) is 0 Å². The third kappa shape index (κ3) is 0.478. The van der Waals surface area contributed by atoms with Crippen LogP contribution in [-0.2, 0) is 9.59 Å². The van der Waals surface area contributed by atoms with Crippen LogP contribution in [0.1, 0.15) is 27.7 Å². The maximum atomic E-state index is 11.8. The molecule has 3 nitrogen and oxygen atoms in total. The van der Waals surface area contributed by atoms with Crippen molar-refractivity contribution in [3.63, 3.8) is 0 Å². The van der Waals surface area contributed by atoms with Crippen LogP contribution >= 0.6 is 0 Å². The van der Waals surface area contributed by atoms with Crippen molar-refractivity contribution < 1.29 is 9.59 Å². The molecule has 2 fully saturated rings. The largest absolute Gasteiger partial charge is 0.285 e. The topological polar surface area (TPSA) is 37.4 Å². The lowest BCUT2D eigenvalue weighted by Gasteiger charge is -2.20. The average Bonchev–Trinajstić information content (AvgIpc) is 2.36. The molecule has 2 unspecified atom stereocenters. The first-order chi connectivity index (χ1) is 5.73. The van der Waals surface area contributed by atoms with Crippen molar-refractivity contribution in [1.82, 2.24) is 4.90 Å². The van der Waals surface area contributed by atoms with Crippen LogP contribution in [0.2, 0.25) is 0 Å². The minimum absolute atomic E-state index is 0.0231. The summed E-state index contributed by atoms with van der Waals surface area (Å²) in [5.74, 6) is -0.0463. The fourth-order valence-electron chi connectivity index (χ4n) is 3.07. The van der Waals surface area contributed by atoms with Crippen molar-refractivity contribution >= 4 is 11.8 Å². The van der Waals surface area contributed by atoms with Gasteiger partial charge in [0.05, 0.1) is 10.8 Å². The van der Waals surface area contributed by atoms with Gasteiger partial charge in [0, 0.05) is 7.05 Å². The van der Waals surface area contributed by atoms with Crippen molar-refractivity contribution in [3.05, 3.63) is 0 Å². The number of imide groups is 1. The van der Waals surface area contributed by atoms with Crippen molar-refractivity contribution in [2.45, 2.75) is 27.7 Å². The summed E-state index contributed by atoms with van der Waals surface area (Å²) >= 11 is 0. The summed E-state index contributed by atoms with van der Waals surface area (Å²) in [5.41, 5.74) is -1.11. The molecule has 2 atom stereocenters. The molecule has 2 rings (SSSR count). The number of hydrogen-bond acceptors (Lipinski definition) is 2. The Morgan fingerprint density at radius 2 is 1.23 bits per heavy atom. The molecule has 1 aliphatic heterocycles. The molecule has 0 radical (unpaired) electrons. The zero-order chi connectivity index (χ0) is 10.2. The molecule has 1 heterocycles. The third-order valence-corrected chi connectivity index (χ3v) is 4.90. The van der Waals surface area contributed by atoms with Crippen LogP contribution in [0.25, 0.3) is 0 Å². The Labute approximate surface area is 78.1 Å². The quantitative estimate of drug-likeness (QED) is 0.523. The van der Waals surface area contributed by atoms with Crippen LogP contribution in [0, 0.1) is 16.2 Å². The molecule has 0 aromatic heterocycles. The molecule has 3 heteroatoms. The summed E-state index contributed by atoms with van der Waals surface area (Å²) < 4.78 is 0. The van der Waals surface area contributed by atoms with Gasteiger partial charge in [-0.2, -0.15) is 0 Å². The minimum Gasteiger partial charge on any atom is -0.285 e. The molecule has 72 valence electrons. The summed E-state index contributed by atoms with van der Waals surface area (Å²) in [6.07, 6.45) is 0. The van der Waals surface area contributed by atoms with E-state index in [-0.39, 0.29) is 17.2 Å². The molecule has 2 amide bonds. The second kappa shape index (κ2) is 1.68. The van der Waals surface area contributed by atoms with Crippen molar-refractivity contribution in [3.8, 4) is 0 Å². The van der Waals surface area contributed by atoms with Gasteiger partial charge >= 0.3 is 0 Å². The highest BCUT2D eigenvalue weighted by atomic mass is 16.2. The molecule has 2 aliphatic rings. The Hall–Kier alpha value is -0.860. The van der Waals surface area contributed by atoms with Crippen molar-refractivity contribution in [1.29, 1.82) is 0 Å². The number of likely N-dealkylation sites (tertiary alicyclic amines) is 1. The highest BCUT2D eigenvalue weighted by molar-refractivity contribution is 6.15. The first kappa shape index (κ1) is 8.73. The van der Waals surface area contributed by atoms with Crippen molar-refractivity contribution in [2.24, 2.45) is 16.2 Å². The van der Waals surface area contributed by atoms with E-state index in [9.17, 15) is 9.59 Å². The smallest absolute Gasteiger partial charge is 0.236 e. The van der Waals surface area contributed by atoms with Crippen LogP contribution in [0.5, 0.6) is 0 Å². The molecule has 0 bridgehead atoms. The normalized spacial score (nSPS) is 46.7. The van der Waals surface area contributed by atoms with E-state index in [1.165, 1.54) is 4.90 Å². The lowest BCUT2D eigenvalue weighted by Crippen LogP contribution is -2.36. The fourth-order valence-corrected chi connectivity index (χ4v) is 3.07. The molecule has 1 saturated carbocycles. The van der Waals surface area contributed by atoms with Gasteiger partial charge in [0.25, 0.3) is 0 Å². The number of hydrogen-bond donors (Lipinski definition) is 0. The maximum Gasteiger partial charge on any atom is 0.236 e. The Morgan fingerprint density at radius 1 is 0.923 bits per heavy atom. The molecular formula is C10H15NO2. The summed E-state index contributed by atoms with van der Waals surface area (Å²) in [6, 6.07) is 0. The number of fused-ring (bicyclic) bond motifs is 1. The zero-order valence-corrected chi connectivity index (χ0v) is 8.76. The Morgan fingerprint density at radius 3 is 1.46 bits per heavy atom. The summed E-state index contributed by atoms with van der Waals surface area (Å²) in [6.45, 7) is 7.79. The lowest BCUT2D eigenvalue weighted by atomic mass is 9.96. The van der Waals surface area contributed by atoms with E-state index in [1.54, 1.807) is 7.05 Å². The first-order valence-electron chi connectivity index (χ1n) is 4.55. The van der Waals surface area contributed by atoms with E-state index >= 15 is 0 Å². The minimum atomic E-state index is -0.466. The third-order valence-electron chi connectivity index (χ3n) is 4.90. The SMILES string of the molecule is CN1C(=O)C2(C)C(C)(C)C2(C)C1=O. The van der Waals surface area contributed by atoms with Crippen LogP contribution < -0.4 is 0 Å². The molecular weight excluding hydrogens is 166 g/mol. The Bertz CT molecular complexity index is 304. The number of rotatable bonds is 0. The molecule has 0 N–H and O–H groups in total. The van der Waals surface area contributed by atoms with Gasteiger partial charge in [-0.3, -0.25) is 14.5 Å². The molecule has 13 heavy (non-hydrogen) atoms. The Balaban J connectivity index is 2.60. The van der Waals surface area contributed by atoms with Crippen LogP contribution in [-0.4, -0.2) is 23.8 Å². The van der Waals surface area contributed by atoms with Gasteiger partial charge in [0.2, 0.25) is 11.8 Å². The number of nitrogens with zero attached hydrogens (tertiary/aromatic N) is 1. The first-order valence-corrected chi connectivity index (χ1v) is 4.55.